The number of fused-ring (bicyclic) bond motifs is 1. The maximum atomic E-state index is 13.6. The number of guanidine groups is 1. The Morgan fingerprint density at radius 3 is 2.63 bits per heavy atom. The van der Waals surface area contributed by atoms with Gasteiger partial charge >= 0.3 is 0 Å². The summed E-state index contributed by atoms with van der Waals surface area (Å²) in [5.74, 6) is 0.552. The molecule has 0 aliphatic carbocycles. The summed E-state index contributed by atoms with van der Waals surface area (Å²) in [6, 6.07) is 16.7. The summed E-state index contributed by atoms with van der Waals surface area (Å²) in [5, 5.41) is 7.63. The molecule has 1 atom stereocenters. The largest absolute Gasteiger partial charge is 0.486 e. The zero-order valence-corrected chi connectivity index (χ0v) is 17.7. The lowest BCUT2D eigenvalue weighted by atomic mass is 10.2. The molecule has 144 valence electrons. The van der Waals surface area contributed by atoms with Crippen molar-refractivity contribution in [2.24, 2.45) is 4.99 Å². The van der Waals surface area contributed by atoms with Crippen LogP contribution >= 0.6 is 24.0 Å². The molecule has 27 heavy (non-hydrogen) atoms. The first-order valence-corrected chi connectivity index (χ1v) is 8.58. The second-order valence-electron chi connectivity index (χ2n) is 6.05. The fourth-order valence-electron chi connectivity index (χ4n) is 2.67. The molecule has 0 amide bonds. The van der Waals surface area contributed by atoms with Crippen molar-refractivity contribution in [3.8, 4) is 5.75 Å². The summed E-state index contributed by atoms with van der Waals surface area (Å²) < 4.78 is 19.2. The van der Waals surface area contributed by atoms with Gasteiger partial charge in [-0.05, 0) is 36.6 Å². The lowest BCUT2D eigenvalue weighted by Crippen LogP contribution is -2.41. The van der Waals surface area contributed by atoms with Gasteiger partial charge in [-0.15, -0.1) is 24.0 Å². The van der Waals surface area contributed by atoms with Crippen molar-refractivity contribution in [3.63, 3.8) is 0 Å². The fourth-order valence-corrected chi connectivity index (χ4v) is 2.67. The van der Waals surface area contributed by atoms with Gasteiger partial charge in [0.15, 0.2) is 17.5 Å². The van der Waals surface area contributed by atoms with E-state index >= 15 is 0 Å². The molecular weight excluding hydrogens is 458 g/mol. The molecule has 0 spiro atoms. The Balaban J connectivity index is 0.00000261. The Morgan fingerprint density at radius 1 is 1.15 bits per heavy atom. The zero-order valence-electron chi connectivity index (χ0n) is 15.3. The van der Waals surface area contributed by atoms with Gasteiger partial charge in [0.1, 0.15) is 6.10 Å². The number of benzene rings is 2. The van der Waals surface area contributed by atoms with E-state index in [1.54, 1.807) is 25.2 Å². The molecule has 0 radical (unpaired) electrons. The Morgan fingerprint density at radius 2 is 1.89 bits per heavy atom. The number of nitrogens with one attached hydrogen (secondary N) is 3. The first-order valence-electron chi connectivity index (χ1n) is 8.58. The predicted octanol–water partition coefficient (Wildman–Crippen LogP) is 4.06. The first kappa shape index (κ1) is 21.0. The van der Waals surface area contributed by atoms with E-state index in [9.17, 15) is 4.39 Å². The number of halogens is 2. The van der Waals surface area contributed by atoms with Crippen molar-refractivity contribution in [2.45, 2.75) is 19.6 Å². The van der Waals surface area contributed by atoms with Crippen LogP contribution in [-0.4, -0.2) is 30.6 Å². The molecule has 0 aliphatic rings. The monoisotopic (exact) mass is 482 g/mol. The maximum absolute atomic E-state index is 13.6. The standard InChI is InChI=1S/C20H23FN4O.HI/c1-14(26-19-10-6-4-8-17(19)21)12-23-20(22-2)24-13-16-11-15-7-3-5-9-18(15)25-16;/h3-11,14,25H,12-13H2,1-2H3,(H2,22,23,24);1H. The third-order valence-electron chi connectivity index (χ3n) is 3.98. The van der Waals surface area contributed by atoms with E-state index in [4.69, 9.17) is 4.74 Å². The lowest BCUT2D eigenvalue weighted by molar-refractivity contribution is 0.214. The van der Waals surface area contributed by atoms with Gasteiger partial charge in [0, 0.05) is 18.3 Å². The van der Waals surface area contributed by atoms with Crippen LogP contribution in [0.1, 0.15) is 12.6 Å². The average molecular weight is 482 g/mol. The molecule has 1 heterocycles. The molecule has 1 aromatic heterocycles. The Kier molecular flexibility index (Phi) is 7.90. The van der Waals surface area contributed by atoms with Crippen molar-refractivity contribution in [1.82, 2.24) is 15.6 Å². The molecule has 0 fully saturated rings. The van der Waals surface area contributed by atoms with Gasteiger partial charge in [-0.25, -0.2) is 4.39 Å². The highest BCUT2D eigenvalue weighted by molar-refractivity contribution is 14.0. The quantitative estimate of drug-likeness (QED) is 0.282. The van der Waals surface area contributed by atoms with E-state index in [1.807, 2.05) is 25.1 Å². The van der Waals surface area contributed by atoms with E-state index < -0.39 is 0 Å². The number of hydrogen-bond donors (Lipinski definition) is 3. The topological polar surface area (TPSA) is 61.4 Å². The molecule has 2 aromatic carbocycles. The molecule has 0 saturated heterocycles. The van der Waals surface area contributed by atoms with Crippen LogP contribution < -0.4 is 15.4 Å². The first-order chi connectivity index (χ1) is 12.7. The average Bonchev–Trinajstić information content (AvgIpc) is 3.06. The highest BCUT2D eigenvalue weighted by Gasteiger charge is 2.09. The van der Waals surface area contributed by atoms with Crippen LogP contribution in [-0.2, 0) is 6.54 Å². The summed E-state index contributed by atoms with van der Waals surface area (Å²) in [4.78, 5) is 7.57. The second-order valence-corrected chi connectivity index (χ2v) is 6.05. The van der Waals surface area contributed by atoms with E-state index in [1.165, 1.54) is 11.5 Å². The molecule has 0 saturated carbocycles. The molecular formula is C20H24FIN4O. The minimum atomic E-state index is -0.360. The van der Waals surface area contributed by atoms with Gasteiger partial charge in [0.2, 0.25) is 0 Å². The molecule has 1 unspecified atom stereocenters. The molecule has 5 nitrogen and oxygen atoms in total. The van der Waals surface area contributed by atoms with E-state index in [0.717, 1.165) is 11.2 Å². The number of rotatable bonds is 6. The smallest absolute Gasteiger partial charge is 0.191 e. The highest BCUT2D eigenvalue weighted by Crippen LogP contribution is 2.17. The normalized spacial score (nSPS) is 12.3. The van der Waals surface area contributed by atoms with Gasteiger partial charge in [0.05, 0.1) is 13.1 Å². The number of para-hydroxylation sites is 2. The Bertz CT molecular complexity index is 863. The summed E-state index contributed by atoms with van der Waals surface area (Å²) in [6.07, 6.45) is -0.210. The number of nitrogens with zero attached hydrogens (tertiary/aromatic N) is 1. The zero-order chi connectivity index (χ0) is 18.4. The number of aromatic nitrogens is 1. The van der Waals surface area contributed by atoms with Crippen LogP contribution in [0.25, 0.3) is 10.9 Å². The molecule has 7 heteroatoms. The fraction of sp³-hybridized carbons (Fsp3) is 0.250. The van der Waals surface area contributed by atoms with Gasteiger partial charge in [0.25, 0.3) is 0 Å². The highest BCUT2D eigenvalue weighted by atomic mass is 127. The summed E-state index contributed by atoms with van der Waals surface area (Å²) in [5.41, 5.74) is 2.18. The van der Waals surface area contributed by atoms with Crippen molar-refractivity contribution in [1.29, 1.82) is 0 Å². The SMILES string of the molecule is CN=C(NCc1cc2ccccc2[nH]1)NCC(C)Oc1ccccc1F.I. The Labute approximate surface area is 175 Å². The number of aromatic amines is 1. The molecule has 0 bridgehead atoms. The lowest BCUT2D eigenvalue weighted by Gasteiger charge is -2.18. The maximum Gasteiger partial charge on any atom is 0.191 e. The van der Waals surface area contributed by atoms with E-state index in [-0.39, 0.29) is 41.6 Å². The van der Waals surface area contributed by atoms with Crippen LogP contribution in [0, 0.1) is 5.82 Å². The van der Waals surface area contributed by atoms with Crippen LogP contribution in [0.15, 0.2) is 59.6 Å². The van der Waals surface area contributed by atoms with Crippen LogP contribution in [0.5, 0.6) is 5.75 Å². The number of ether oxygens (including phenoxy) is 1. The van der Waals surface area contributed by atoms with Gasteiger partial charge in [-0.3, -0.25) is 4.99 Å². The van der Waals surface area contributed by atoms with Crippen molar-refractivity contribution in [2.75, 3.05) is 13.6 Å². The second kappa shape index (κ2) is 10.1. The third-order valence-corrected chi connectivity index (χ3v) is 3.98. The van der Waals surface area contributed by atoms with Crippen LogP contribution in [0.3, 0.4) is 0 Å². The van der Waals surface area contributed by atoms with Gasteiger partial charge in [-0.2, -0.15) is 0 Å². The molecule has 3 aromatic rings. The Hall–Kier alpha value is -2.29. The minimum Gasteiger partial charge on any atom is -0.486 e. The van der Waals surface area contributed by atoms with E-state index in [0.29, 0.717) is 19.0 Å². The van der Waals surface area contributed by atoms with Crippen LogP contribution in [0.4, 0.5) is 4.39 Å². The van der Waals surface area contributed by atoms with Gasteiger partial charge < -0.3 is 20.4 Å². The number of H-pyrrole nitrogens is 1. The number of aliphatic imine (C=N–C) groups is 1. The molecule has 3 N–H and O–H groups in total. The van der Waals surface area contributed by atoms with Crippen molar-refractivity contribution < 1.29 is 9.13 Å². The van der Waals surface area contributed by atoms with Crippen molar-refractivity contribution in [3.05, 3.63) is 66.1 Å². The summed E-state index contributed by atoms with van der Waals surface area (Å²) >= 11 is 0. The predicted molar refractivity (Wildman–Crippen MR) is 118 cm³/mol. The van der Waals surface area contributed by atoms with Crippen molar-refractivity contribution >= 4 is 40.8 Å². The van der Waals surface area contributed by atoms with E-state index in [2.05, 4.69) is 32.7 Å². The minimum absolute atomic E-state index is 0. The molecule has 0 aliphatic heterocycles. The van der Waals surface area contributed by atoms with Gasteiger partial charge in [-0.1, -0.05) is 30.3 Å². The molecule has 3 rings (SSSR count). The summed E-state index contributed by atoms with van der Waals surface area (Å²) in [6.45, 7) is 3.00. The third kappa shape index (κ3) is 5.85. The summed E-state index contributed by atoms with van der Waals surface area (Å²) in [7, 11) is 1.71. The number of hydrogen-bond acceptors (Lipinski definition) is 2. The van der Waals surface area contributed by atoms with Crippen LogP contribution in [0.2, 0.25) is 0 Å².